The van der Waals surface area contributed by atoms with E-state index in [0.717, 1.165) is 22.0 Å². The number of carbonyl (C=O) groups excluding carboxylic acids is 1. The zero-order valence-corrected chi connectivity index (χ0v) is 19.1. The molecule has 5 nitrogen and oxygen atoms in total. The number of carbonyl (C=O) groups is 2. The van der Waals surface area contributed by atoms with Gasteiger partial charge in [0.15, 0.2) is 0 Å². The van der Waals surface area contributed by atoms with E-state index < -0.39 is 20.3 Å². The summed E-state index contributed by atoms with van der Waals surface area (Å²) in [5.74, 6) is -1.75. The molecule has 1 atom stereocenters. The Kier molecular flexibility index (Phi) is 8.36. The lowest BCUT2D eigenvalue weighted by Gasteiger charge is -2.30. The van der Waals surface area contributed by atoms with Gasteiger partial charge in [-0.3, -0.25) is 4.79 Å². The normalized spacial score (nSPS) is 12.2. The molecule has 1 unspecified atom stereocenters. The Balaban J connectivity index is 1.96. The van der Waals surface area contributed by atoms with Crippen LogP contribution in [-0.4, -0.2) is 25.4 Å². The summed E-state index contributed by atoms with van der Waals surface area (Å²) in [5, 5.41) is 12.0. The van der Waals surface area contributed by atoms with E-state index in [1.54, 1.807) is 0 Å². The van der Waals surface area contributed by atoms with Crippen molar-refractivity contribution in [2.24, 2.45) is 5.92 Å². The zero-order valence-electron chi connectivity index (χ0n) is 18.1. The van der Waals surface area contributed by atoms with E-state index in [1.165, 1.54) is 0 Å². The molecule has 3 aromatic rings. The van der Waals surface area contributed by atoms with E-state index >= 15 is 0 Å². The Morgan fingerprint density at radius 2 is 1.22 bits per heavy atom. The molecule has 0 saturated heterocycles. The van der Waals surface area contributed by atoms with Crippen LogP contribution in [0.15, 0.2) is 91.0 Å². The van der Waals surface area contributed by atoms with Crippen molar-refractivity contribution in [3.63, 3.8) is 0 Å². The average molecular weight is 449 g/mol. The molecule has 3 rings (SSSR count). The molecule has 3 aromatic carbocycles. The number of rotatable bonds is 11. The third-order valence-corrected chi connectivity index (χ3v) is 9.19. The number of hydrogen-bond donors (Lipinski definition) is 1. The minimum atomic E-state index is -3.15. The highest BCUT2D eigenvalue weighted by atomic mass is 28.4. The van der Waals surface area contributed by atoms with Gasteiger partial charge in [-0.1, -0.05) is 104 Å². The summed E-state index contributed by atoms with van der Waals surface area (Å²) < 4.78 is 6.18. The van der Waals surface area contributed by atoms with Crippen molar-refractivity contribution in [1.29, 1.82) is 0 Å². The van der Waals surface area contributed by atoms with Crippen LogP contribution in [-0.2, 0) is 19.1 Å². The van der Waals surface area contributed by atoms with Crippen molar-refractivity contribution in [3.8, 4) is 0 Å². The van der Waals surface area contributed by atoms with E-state index in [2.05, 4.69) is 0 Å². The van der Waals surface area contributed by atoms with Crippen LogP contribution in [0, 0.1) is 5.92 Å². The first kappa shape index (κ1) is 23.4. The molecule has 0 saturated carbocycles. The van der Waals surface area contributed by atoms with Gasteiger partial charge in [0.1, 0.15) is 0 Å². The highest BCUT2D eigenvalue weighted by Gasteiger charge is 2.45. The highest BCUT2D eigenvalue weighted by molar-refractivity contribution is 7.07. The van der Waals surface area contributed by atoms with Crippen molar-refractivity contribution in [1.82, 2.24) is 0 Å². The first-order chi connectivity index (χ1) is 15.6. The zero-order chi connectivity index (χ0) is 22.8. The summed E-state index contributed by atoms with van der Waals surface area (Å²) in [6.45, 7) is 1.97. The molecule has 166 valence electrons. The molecule has 0 amide bonds. The SMILES string of the molecule is CCCC(CC(=O)O)CC(=O)OO[Si](c1ccccc1)(c1ccccc1)c1ccccc1. The summed E-state index contributed by atoms with van der Waals surface area (Å²) in [7, 11) is -3.15. The van der Waals surface area contributed by atoms with Crippen LogP contribution in [0.4, 0.5) is 0 Å². The lowest BCUT2D eigenvalue weighted by molar-refractivity contribution is -0.218. The summed E-state index contributed by atoms with van der Waals surface area (Å²) in [6, 6.07) is 29.4. The Labute approximate surface area is 189 Å². The van der Waals surface area contributed by atoms with E-state index in [0.29, 0.717) is 6.42 Å². The second-order valence-electron chi connectivity index (χ2n) is 7.77. The molecule has 0 fully saturated rings. The molecular weight excluding hydrogens is 420 g/mol. The molecule has 1 N–H and O–H groups in total. The number of carboxylic acids is 1. The first-order valence-electron chi connectivity index (χ1n) is 10.8. The summed E-state index contributed by atoms with van der Waals surface area (Å²) in [4.78, 5) is 29.4. The van der Waals surface area contributed by atoms with E-state index in [9.17, 15) is 9.59 Å². The second kappa shape index (κ2) is 11.4. The van der Waals surface area contributed by atoms with E-state index in [-0.39, 0.29) is 18.8 Å². The molecule has 0 heterocycles. The number of benzene rings is 3. The second-order valence-corrected chi connectivity index (χ2v) is 11.0. The van der Waals surface area contributed by atoms with Gasteiger partial charge in [-0.25, -0.2) is 9.37 Å². The Morgan fingerprint density at radius 3 is 1.59 bits per heavy atom. The van der Waals surface area contributed by atoms with Crippen LogP contribution in [0.25, 0.3) is 0 Å². The Morgan fingerprint density at radius 1 is 0.781 bits per heavy atom. The van der Waals surface area contributed by atoms with Crippen LogP contribution in [0.5, 0.6) is 0 Å². The molecule has 0 aromatic heterocycles. The molecule has 0 aliphatic rings. The summed E-state index contributed by atoms with van der Waals surface area (Å²) >= 11 is 0. The molecule has 0 aliphatic carbocycles. The van der Waals surface area contributed by atoms with Crippen LogP contribution >= 0.6 is 0 Å². The van der Waals surface area contributed by atoms with Crippen molar-refractivity contribution >= 4 is 35.8 Å². The van der Waals surface area contributed by atoms with Gasteiger partial charge in [0.05, 0.1) is 6.42 Å². The topological polar surface area (TPSA) is 72.8 Å². The minimum absolute atomic E-state index is 0.00297. The van der Waals surface area contributed by atoms with E-state index in [1.807, 2.05) is 97.9 Å². The molecule has 6 heteroatoms. The minimum Gasteiger partial charge on any atom is -0.481 e. The number of aliphatic carboxylic acids is 1. The maximum atomic E-state index is 12.7. The van der Waals surface area contributed by atoms with Gasteiger partial charge in [-0.2, -0.15) is 0 Å². The molecule has 0 bridgehead atoms. The van der Waals surface area contributed by atoms with Crippen LogP contribution in [0.3, 0.4) is 0 Å². The van der Waals surface area contributed by atoms with Gasteiger partial charge in [-0.15, -0.1) is 0 Å². The van der Waals surface area contributed by atoms with Gasteiger partial charge in [0.2, 0.25) is 0 Å². The maximum absolute atomic E-state index is 12.7. The third kappa shape index (κ3) is 5.72. The largest absolute Gasteiger partial charge is 0.481 e. The predicted molar refractivity (Wildman–Crippen MR) is 126 cm³/mol. The highest BCUT2D eigenvalue weighted by Crippen LogP contribution is 2.18. The predicted octanol–water partition coefficient (Wildman–Crippen LogP) is 3.41. The van der Waals surface area contributed by atoms with Crippen molar-refractivity contribution in [2.45, 2.75) is 32.6 Å². The van der Waals surface area contributed by atoms with E-state index in [4.69, 9.17) is 14.6 Å². The summed E-state index contributed by atoms with van der Waals surface area (Å²) in [5.41, 5.74) is 0. The lowest BCUT2D eigenvalue weighted by atomic mass is 9.96. The quantitative estimate of drug-likeness (QED) is 0.211. The monoisotopic (exact) mass is 448 g/mol. The van der Waals surface area contributed by atoms with Gasteiger partial charge < -0.3 is 9.99 Å². The maximum Gasteiger partial charge on any atom is 0.347 e. The molecule has 0 spiro atoms. The number of carboxylic acid groups (broad SMARTS) is 1. The lowest BCUT2D eigenvalue weighted by Crippen LogP contribution is -2.69. The van der Waals surface area contributed by atoms with Crippen LogP contribution in [0.2, 0.25) is 0 Å². The van der Waals surface area contributed by atoms with Crippen molar-refractivity contribution < 1.29 is 24.2 Å². The van der Waals surface area contributed by atoms with Gasteiger partial charge in [0.25, 0.3) is 0 Å². The smallest absolute Gasteiger partial charge is 0.347 e. The molecular formula is C26H28O5Si. The molecule has 0 radical (unpaired) electrons. The fourth-order valence-corrected chi connectivity index (χ4v) is 7.47. The van der Waals surface area contributed by atoms with Crippen molar-refractivity contribution in [3.05, 3.63) is 91.0 Å². The fraction of sp³-hybridized carbons (Fsp3) is 0.231. The molecule has 0 aliphatic heterocycles. The van der Waals surface area contributed by atoms with Crippen molar-refractivity contribution in [2.75, 3.05) is 0 Å². The third-order valence-electron chi connectivity index (χ3n) is 5.42. The average Bonchev–Trinajstić information content (AvgIpc) is 2.81. The van der Waals surface area contributed by atoms with Gasteiger partial charge in [0, 0.05) is 6.42 Å². The van der Waals surface area contributed by atoms with Gasteiger partial charge in [-0.05, 0) is 27.9 Å². The van der Waals surface area contributed by atoms with Gasteiger partial charge >= 0.3 is 20.3 Å². The van der Waals surface area contributed by atoms with Crippen LogP contribution in [0.1, 0.15) is 32.6 Å². The molecule has 32 heavy (non-hydrogen) atoms. The first-order valence-corrected chi connectivity index (χ1v) is 12.7. The Bertz CT molecular complexity index is 896. The fourth-order valence-electron chi connectivity index (χ4n) is 3.97. The Hall–Kier alpha value is -3.22. The van der Waals surface area contributed by atoms with Crippen LogP contribution < -0.4 is 15.6 Å². The summed E-state index contributed by atoms with van der Waals surface area (Å²) in [6.07, 6.45) is 1.37. The standard InChI is InChI=1S/C26H28O5Si/c1-2-12-21(19-25(27)28)20-26(29)30-31-32(22-13-6-3-7-14-22,23-15-8-4-9-16-23)24-17-10-5-11-18-24/h3-11,13-18,21H,2,12,19-20H2,1H3,(H,27,28). The number of hydrogen-bond acceptors (Lipinski definition) is 4.